The van der Waals surface area contributed by atoms with Gasteiger partial charge in [-0.15, -0.1) is 0 Å². The quantitative estimate of drug-likeness (QED) is 0.874. The Hall–Kier alpha value is -1.54. The smallest absolute Gasteiger partial charge is 0.232 e. The van der Waals surface area contributed by atoms with Crippen LogP contribution in [0.1, 0.15) is 25.8 Å². The summed E-state index contributed by atoms with van der Waals surface area (Å²) in [5, 5.41) is 8.85. The molecule has 0 aliphatic carbocycles. The van der Waals surface area contributed by atoms with Crippen LogP contribution in [0.2, 0.25) is 0 Å². The van der Waals surface area contributed by atoms with Crippen molar-refractivity contribution in [3.05, 3.63) is 29.8 Å². The van der Waals surface area contributed by atoms with Crippen molar-refractivity contribution in [3.8, 4) is 6.07 Å². The van der Waals surface area contributed by atoms with Crippen molar-refractivity contribution in [2.45, 2.75) is 20.3 Å². The van der Waals surface area contributed by atoms with Crippen LogP contribution in [0.4, 0.5) is 5.69 Å². The molecule has 0 bridgehead atoms. The first kappa shape index (κ1) is 13.5. The van der Waals surface area contributed by atoms with E-state index in [0.29, 0.717) is 23.6 Å². The molecule has 0 amide bonds. The molecule has 0 heterocycles. The Labute approximate surface area is 102 Å². The molecule has 17 heavy (non-hydrogen) atoms. The first-order chi connectivity index (χ1) is 7.94. The molecule has 1 N–H and O–H groups in total. The molecule has 0 saturated heterocycles. The Morgan fingerprint density at radius 2 is 2.00 bits per heavy atom. The first-order valence-corrected chi connectivity index (χ1v) is 7.09. The molecule has 1 aromatic rings. The second-order valence-corrected chi connectivity index (χ2v) is 6.10. The fourth-order valence-corrected chi connectivity index (χ4v) is 2.68. The minimum atomic E-state index is -3.36. The molecule has 0 aliphatic rings. The third-order valence-corrected chi connectivity index (χ3v) is 3.58. The van der Waals surface area contributed by atoms with E-state index in [-0.39, 0.29) is 5.75 Å². The van der Waals surface area contributed by atoms with Crippen LogP contribution in [0.3, 0.4) is 0 Å². The summed E-state index contributed by atoms with van der Waals surface area (Å²) in [6.07, 6.45) is 0.601. The van der Waals surface area contributed by atoms with Crippen molar-refractivity contribution in [1.29, 1.82) is 5.26 Å². The molecule has 0 fully saturated rings. The van der Waals surface area contributed by atoms with Gasteiger partial charge >= 0.3 is 0 Å². The summed E-state index contributed by atoms with van der Waals surface area (Å²) < 4.78 is 25.9. The Bertz CT molecular complexity index is 516. The van der Waals surface area contributed by atoms with Gasteiger partial charge in [-0.3, -0.25) is 4.72 Å². The summed E-state index contributed by atoms with van der Waals surface area (Å²) in [5.41, 5.74) is 0.680. The molecule has 4 nitrogen and oxygen atoms in total. The minimum absolute atomic E-state index is 0.0738. The van der Waals surface area contributed by atoms with Gasteiger partial charge in [-0.2, -0.15) is 5.26 Å². The van der Waals surface area contributed by atoms with Crippen LogP contribution in [0.5, 0.6) is 0 Å². The van der Waals surface area contributed by atoms with E-state index in [2.05, 4.69) is 4.72 Å². The monoisotopic (exact) mass is 252 g/mol. The zero-order valence-corrected chi connectivity index (χ0v) is 10.8. The van der Waals surface area contributed by atoms with E-state index in [9.17, 15) is 8.42 Å². The molecule has 0 saturated carbocycles. The molecular weight excluding hydrogens is 236 g/mol. The molecule has 92 valence electrons. The van der Waals surface area contributed by atoms with Gasteiger partial charge in [-0.25, -0.2) is 8.42 Å². The van der Waals surface area contributed by atoms with Gasteiger partial charge in [0.25, 0.3) is 0 Å². The Kier molecular flexibility index (Phi) is 4.53. The Morgan fingerprint density at radius 3 is 2.59 bits per heavy atom. The number of nitrogens with zero attached hydrogens (tertiary/aromatic N) is 1. The average Bonchev–Trinajstić information content (AvgIpc) is 2.27. The van der Waals surface area contributed by atoms with Crippen molar-refractivity contribution in [3.63, 3.8) is 0 Å². The molecule has 0 unspecified atom stereocenters. The van der Waals surface area contributed by atoms with Gasteiger partial charge < -0.3 is 0 Å². The maximum Gasteiger partial charge on any atom is 0.232 e. The highest BCUT2D eigenvalue weighted by Gasteiger charge is 2.13. The third kappa shape index (κ3) is 4.45. The van der Waals surface area contributed by atoms with E-state index in [1.165, 1.54) is 0 Å². The maximum absolute atomic E-state index is 11.8. The highest BCUT2D eigenvalue weighted by Crippen LogP contribution is 2.16. The van der Waals surface area contributed by atoms with Gasteiger partial charge in [0.15, 0.2) is 0 Å². The summed E-state index contributed by atoms with van der Waals surface area (Å²) >= 11 is 0. The molecule has 0 spiro atoms. The highest BCUT2D eigenvalue weighted by atomic mass is 32.2. The molecule has 1 aromatic carbocycles. The normalized spacial score (nSPS) is 11.2. The standard InChI is InChI=1S/C12H16N2O2S/c1-10(2)7-8-17(15,16)14-12-6-4-3-5-11(12)9-13/h3-6,10,14H,7-8H2,1-2H3. The molecule has 0 radical (unpaired) electrons. The summed E-state index contributed by atoms with van der Waals surface area (Å²) in [4.78, 5) is 0. The average molecular weight is 252 g/mol. The number of anilines is 1. The number of benzene rings is 1. The van der Waals surface area contributed by atoms with E-state index < -0.39 is 10.0 Å². The van der Waals surface area contributed by atoms with Crippen LogP contribution < -0.4 is 4.72 Å². The Morgan fingerprint density at radius 1 is 1.35 bits per heavy atom. The summed E-state index contributed by atoms with van der Waals surface area (Å²) in [7, 11) is -3.36. The first-order valence-electron chi connectivity index (χ1n) is 5.44. The van der Waals surface area contributed by atoms with Gasteiger partial charge in [-0.05, 0) is 24.5 Å². The van der Waals surface area contributed by atoms with E-state index in [1.807, 2.05) is 19.9 Å². The van der Waals surface area contributed by atoms with Crippen LogP contribution in [0.25, 0.3) is 0 Å². The largest absolute Gasteiger partial charge is 0.282 e. The topological polar surface area (TPSA) is 70.0 Å². The summed E-state index contributed by atoms with van der Waals surface area (Å²) in [6.45, 7) is 3.94. The molecule has 5 heteroatoms. The number of hydrogen-bond acceptors (Lipinski definition) is 3. The van der Waals surface area contributed by atoms with Crippen molar-refractivity contribution in [2.24, 2.45) is 5.92 Å². The van der Waals surface area contributed by atoms with Crippen LogP contribution in [-0.2, 0) is 10.0 Å². The van der Waals surface area contributed by atoms with E-state index in [4.69, 9.17) is 5.26 Å². The third-order valence-electron chi connectivity index (χ3n) is 2.28. The van der Waals surface area contributed by atoms with Crippen LogP contribution in [0.15, 0.2) is 24.3 Å². The number of sulfonamides is 1. The molecular formula is C12H16N2O2S. The fourth-order valence-electron chi connectivity index (χ4n) is 1.28. The lowest BCUT2D eigenvalue weighted by molar-refractivity contribution is 0.578. The van der Waals surface area contributed by atoms with Gasteiger partial charge in [0, 0.05) is 0 Å². The zero-order valence-electron chi connectivity index (χ0n) is 9.97. The SMILES string of the molecule is CC(C)CCS(=O)(=O)Nc1ccccc1C#N. The number of nitrogens with one attached hydrogen (secondary N) is 1. The lowest BCUT2D eigenvalue weighted by atomic mass is 10.2. The fraction of sp³-hybridized carbons (Fsp3) is 0.417. The van der Waals surface area contributed by atoms with Crippen molar-refractivity contribution >= 4 is 15.7 Å². The molecule has 1 rings (SSSR count). The summed E-state index contributed by atoms with van der Waals surface area (Å²) in [6, 6.07) is 8.52. The van der Waals surface area contributed by atoms with Gasteiger partial charge in [-0.1, -0.05) is 26.0 Å². The van der Waals surface area contributed by atoms with Crippen molar-refractivity contribution in [1.82, 2.24) is 0 Å². The molecule has 0 aliphatic heterocycles. The van der Waals surface area contributed by atoms with Crippen LogP contribution in [0, 0.1) is 17.2 Å². The highest BCUT2D eigenvalue weighted by molar-refractivity contribution is 7.92. The van der Waals surface area contributed by atoms with Crippen LogP contribution >= 0.6 is 0 Å². The lowest BCUT2D eigenvalue weighted by Crippen LogP contribution is -2.18. The second-order valence-electron chi connectivity index (χ2n) is 4.26. The number of nitriles is 1. The second kappa shape index (κ2) is 5.69. The van der Waals surface area contributed by atoms with Crippen molar-refractivity contribution < 1.29 is 8.42 Å². The summed E-state index contributed by atoms with van der Waals surface area (Å²) in [5.74, 6) is 0.405. The van der Waals surface area contributed by atoms with E-state index >= 15 is 0 Å². The van der Waals surface area contributed by atoms with Crippen LogP contribution in [-0.4, -0.2) is 14.2 Å². The van der Waals surface area contributed by atoms with Crippen molar-refractivity contribution in [2.75, 3.05) is 10.5 Å². The molecule has 0 atom stereocenters. The van der Waals surface area contributed by atoms with E-state index in [1.54, 1.807) is 24.3 Å². The predicted molar refractivity (Wildman–Crippen MR) is 68.0 cm³/mol. The molecule has 0 aromatic heterocycles. The number of rotatable bonds is 5. The lowest BCUT2D eigenvalue weighted by Gasteiger charge is -2.10. The number of para-hydroxylation sites is 1. The zero-order chi connectivity index (χ0) is 12.9. The van der Waals surface area contributed by atoms with Gasteiger partial charge in [0.05, 0.1) is 17.0 Å². The minimum Gasteiger partial charge on any atom is -0.282 e. The Balaban J connectivity index is 2.80. The van der Waals surface area contributed by atoms with Gasteiger partial charge in [0.2, 0.25) is 10.0 Å². The maximum atomic E-state index is 11.8. The van der Waals surface area contributed by atoms with E-state index in [0.717, 1.165) is 0 Å². The predicted octanol–water partition coefficient (Wildman–Crippen LogP) is 2.35. The number of hydrogen-bond donors (Lipinski definition) is 1. The van der Waals surface area contributed by atoms with Gasteiger partial charge in [0.1, 0.15) is 6.07 Å².